The summed E-state index contributed by atoms with van der Waals surface area (Å²) >= 11 is 13.3. The van der Waals surface area contributed by atoms with Crippen molar-refractivity contribution >= 4 is 46.4 Å². The van der Waals surface area contributed by atoms with Crippen molar-refractivity contribution in [1.82, 2.24) is 5.32 Å². The molecule has 0 aliphatic carbocycles. The van der Waals surface area contributed by atoms with E-state index in [-0.39, 0.29) is 6.10 Å². The smallest absolute Gasteiger partial charge is 0.170 e. The van der Waals surface area contributed by atoms with Gasteiger partial charge in [0.25, 0.3) is 0 Å². The molecular weight excluding hydrogens is 372 g/mol. The number of anilines is 1. The van der Waals surface area contributed by atoms with Crippen molar-refractivity contribution in [2.45, 2.75) is 25.7 Å². The minimum Gasteiger partial charge on any atom is -0.491 e. The van der Waals surface area contributed by atoms with Crippen molar-refractivity contribution in [3.05, 3.63) is 59.1 Å². The highest BCUT2D eigenvalue weighted by molar-refractivity contribution is 7.98. The quantitative estimate of drug-likeness (QED) is 0.466. The number of nitrogens with one attached hydrogen (secondary N) is 2. The lowest BCUT2D eigenvalue weighted by Gasteiger charge is -2.12. The van der Waals surface area contributed by atoms with Gasteiger partial charge in [0.15, 0.2) is 5.11 Å². The van der Waals surface area contributed by atoms with Crippen molar-refractivity contribution < 1.29 is 4.74 Å². The zero-order valence-corrected chi connectivity index (χ0v) is 16.8. The summed E-state index contributed by atoms with van der Waals surface area (Å²) in [4.78, 5) is 0. The Bertz CT molecular complexity index is 677. The second kappa shape index (κ2) is 10.5. The summed E-state index contributed by atoms with van der Waals surface area (Å²) in [5.41, 5.74) is 2.11. The number of hydrogen-bond acceptors (Lipinski definition) is 3. The minimum absolute atomic E-state index is 0.171. The van der Waals surface area contributed by atoms with Crippen LogP contribution in [0.2, 0.25) is 5.02 Å². The third-order valence-electron chi connectivity index (χ3n) is 3.23. The van der Waals surface area contributed by atoms with Gasteiger partial charge in [0.2, 0.25) is 0 Å². The molecule has 134 valence electrons. The summed E-state index contributed by atoms with van der Waals surface area (Å²) in [5.74, 6) is 2.71. The summed E-state index contributed by atoms with van der Waals surface area (Å²) in [6.07, 6.45) is 0.171. The van der Waals surface area contributed by atoms with E-state index in [1.54, 1.807) is 0 Å². The molecule has 0 aromatic heterocycles. The molecule has 0 heterocycles. The maximum atomic E-state index is 6.15. The SMILES string of the molecule is CC(C)Oc1ccc(NC(=S)NCCSCc2ccccc2Cl)cc1. The molecule has 0 aliphatic rings. The van der Waals surface area contributed by atoms with Gasteiger partial charge in [-0.25, -0.2) is 0 Å². The first-order valence-corrected chi connectivity index (χ1v) is 10.1. The first kappa shape index (κ1) is 19.9. The number of ether oxygens (including phenoxy) is 1. The van der Waals surface area contributed by atoms with Crippen LogP contribution in [0.4, 0.5) is 5.69 Å². The van der Waals surface area contributed by atoms with Crippen molar-refractivity contribution in [2.75, 3.05) is 17.6 Å². The number of thiocarbonyl (C=S) groups is 1. The number of benzene rings is 2. The van der Waals surface area contributed by atoms with E-state index in [0.29, 0.717) is 5.11 Å². The molecule has 0 spiro atoms. The third-order valence-corrected chi connectivity index (χ3v) is 4.85. The van der Waals surface area contributed by atoms with Crippen LogP contribution in [0.1, 0.15) is 19.4 Å². The summed E-state index contributed by atoms with van der Waals surface area (Å²) in [7, 11) is 0. The van der Waals surface area contributed by atoms with Crippen LogP contribution in [0.3, 0.4) is 0 Å². The van der Waals surface area contributed by atoms with Gasteiger partial charge in [0, 0.05) is 28.8 Å². The number of halogens is 1. The Hall–Kier alpha value is -1.43. The average molecular weight is 395 g/mol. The highest BCUT2D eigenvalue weighted by atomic mass is 35.5. The molecule has 0 atom stereocenters. The largest absolute Gasteiger partial charge is 0.491 e. The number of thioether (sulfide) groups is 1. The van der Waals surface area contributed by atoms with Crippen molar-refractivity contribution in [3.8, 4) is 5.75 Å². The molecule has 2 rings (SSSR count). The van der Waals surface area contributed by atoms with Gasteiger partial charge in [-0.2, -0.15) is 11.8 Å². The fourth-order valence-electron chi connectivity index (χ4n) is 2.10. The molecular formula is C19H23ClN2OS2. The van der Waals surface area contributed by atoms with E-state index in [1.165, 1.54) is 5.56 Å². The van der Waals surface area contributed by atoms with E-state index in [4.69, 9.17) is 28.6 Å². The zero-order chi connectivity index (χ0) is 18.1. The van der Waals surface area contributed by atoms with Gasteiger partial charge in [-0.05, 0) is 62.0 Å². The molecule has 0 aliphatic heterocycles. The molecule has 0 fully saturated rings. The third kappa shape index (κ3) is 7.55. The van der Waals surface area contributed by atoms with Gasteiger partial charge in [0.05, 0.1) is 6.10 Å². The fourth-order valence-corrected chi connectivity index (χ4v) is 3.46. The average Bonchev–Trinajstić information content (AvgIpc) is 2.57. The lowest BCUT2D eigenvalue weighted by Crippen LogP contribution is -2.30. The molecule has 2 aromatic rings. The zero-order valence-electron chi connectivity index (χ0n) is 14.4. The van der Waals surface area contributed by atoms with E-state index < -0.39 is 0 Å². The Morgan fingerprint density at radius 3 is 2.56 bits per heavy atom. The molecule has 3 nitrogen and oxygen atoms in total. The number of rotatable bonds is 8. The predicted molar refractivity (Wildman–Crippen MR) is 114 cm³/mol. The van der Waals surface area contributed by atoms with Gasteiger partial charge < -0.3 is 15.4 Å². The first-order chi connectivity index (χ1) is 12.0. The van der Waals surface area contributed by atoms with E-state index in [9.17, 15) is 0 Å². The van der Waals surface area contributed by atoms with Crippen molar-refractivity contribution in [1.29, 1.82) is 0 Å². The maximum absolute atomic E-state index is 6.15. The fraction of sp³-hybridized carbons (Fsp3) is 0.316. The Morgan fingerprint density at radius 2 is 1.88 bits per heavy atom. The van der Waals surface area contributed by atoms with E-state index >= 15 is 0 Å². The molecule has 25 heavy (non-hydrogen) atoms. The van der Waals surface area contributed by atoms with Crippen LogP contribution >= 0.6 is 35.6 Å². The highest BCUT2D eigenvalue weighted by Crippen LogP contribution is 2.20. The first-order valence-electron chi connectivity index (χ1n) is 8.17. The Morgan fingerprint density at radius 1 is 1.16 bits per heavy atom. The standard InChI is InChI=1S/C19H23ClN2OS2/c1-14(2)23-17-9-7-16(8-10-17)22-19(24)21-11-12-25-13-15-5-3-4-6-18(15)20/h3-10,14H,11-13H2,1-2H3,(H2,21,22,24). The van der Waals surface area contributed by atoms with E-state index in [0.717, 1.165) is 34.5 Å². The van der Waals surface area contributed by atoms with Crippen molar-refractivity contribution in [3.63, 3.8) is 0 Å². The maximum Gasteiger partial charge on any atom is 0.170 e. The Labute approximate surface area is 164 Å². The van der Waals surface area contributed by atoms with Gasteiger partial charge in [-0.3, -0.25) is 0 Å². The van der Waals surface area contributed by atoms with Gasteiger partial charge in [-0.1, -0.05) is 29.8 Å². The van der Waals surface area contributed by atoms with Crippen LogP contribution in [-0.4, -0.2) is 23.5 Å². The summed E-state index contributed by atoms with van der Waals surface area (Å²) < 4.78 is 5.62. The van der Waals surface area contributed by atoms with Crippen LogP contribution in [0, 0.1) is 0 Å². The van der Waals surface area contributed by atoms with Crippen LogP contribution < -0.4 is 15.4 Å². The monoisotopic (exact) mass is 394 g/mol. The summed E-state index contributed by atoms with van der Waals surface area (Å²) in [6, 6.07) is 15.7. The molecule has 0 unspecified atom stereocenters. The molecule has 6 heteroatoms. The topological polar surface area (TPSA) is 33.3 Å². The molecule has 0 bridgehead atoms. The molecule has 0 amide bonds. The number of hydrogen-bond donors (Lipinski definition) is 2. The van der Waals surface area contributed by atoms with Gasteiger partial charge >= 0.3 is 0 Å². The lowest BCUT2D eigenvalue weighted by molar-refractivity contribution is 0.242. The highest BCUT2D eigenvalue weighted by Gasteiger charge is 2.01. The second-order valence-electron chi connectivity index (χ2n) is 5.72. The van der Waals surface area contributed by atoms with Crippen molar-refractivity contribution in [2.24, 2.45) is 0 Å². The Kier molecular flexibility index (Phi) is 8.38. The normalized spacial score (nSPS) is 10.6. The van der Waals surface area contributed by atoms with Gasteiger partial charge in [0.1, 0.15) is 5.75 Å². The van der Waals surface area contributed by atoms with Gasteiger partial charge in [-0.15, -0.1) is 0 Å². The predicted octanol–water partition coefficient (Wildman–Crippen LogP) is 5.35. The Balaban J connectivity index is 1.64. The van der Waals surface area contributed by atoms with Crippen LogP contribution in [0.15, 0.2) is 48.5 Å². The van der Waals surface area contributed by atoms with Crippen LogP contribution in [-0.2, 0) is 5.75 Å². The second-order valence-corrected chi connectivity index (χ2v) is 7.64. The molecule has 0 radical (unpaired) electrons. The lowest BCUT2D eigenvalue weighted by atomic mass is 10.2. The molecule has 2 N–H and O–H groups in total. The summed E-state index contributed by atoms with van der Waals surface area (Å²) in [6.45, 7) is 4.82. The molecule has 2 aromatic carbocycles. The van der Waals surface area contributed by atoms with Crippen LogP contribution in [0.25, 0.3) is 0 Å². The summed E-state index contributed by atoms with van der Waals surface area (Å²) in [5, 5.41) is 7.83. The van der Waals surface area contributed by atoms with E-state index in [1.807, 2.05) is 68.1 Å². The van der Waals surface area contributed by atoms with Crippen LogP contribution in [0.5, 0.6) is 5.75 Å². The van der Waals surface area contributed by atoms with E-state index in [2.05, 4.69) is 16.7 Å². The minimum atomic E-state index is 0.171. The molecule has 0 saturated carbocycles. The molecule has 0 saturated heterocycles.